The number of aliphatic hydroxyl groups is 1. The highest BCUT2D eigenvalue weighted by Crippen LogP contribution is 1.99. The minimum atomic E-state index is -0.154. The summed E-state index contributed by atoms with van der Waals surface area (Å²) in [6.07, 6.45) is 5.66. The van der Waals surface area contributed by atoms with Gasteiger partial charge in [0.1, 0.15) is 0 Å². The molecule has 80 valence electrons. The quantitative estimate of drug-likeness (QED) is 0.672. The highest BCUT2D eigenvalue weighted by Gasteiger charge is 1.99. The fourth-order valence-corrected chi connectivity index (χ4v) is 1.37. The predicted octanol–water partition coefficient (Wildman–Crippen LogP) is 1.28. The Labute approximate surface area is 85.7 Å². The molecule has 0 aliphatic heterocycles. The molecular weight excluding hydrogens is 176 g/mol. The molecule has 0 amide bonds. The van der Waals surface area contributed by atoms with E-state index in [-0.39, 0.29) is 6.10 Å². The number of nitrogens with one attached hydrogen (secondary N) is 1. The van der Waals surface area contributed by atoms with Crippen LogP contribution in [0.25, 0.3) is 0 Å². The van der Waals surface area contributed by atoms with Crippen molar-refractivity contribution in [3.63, 3.8) is 0 Å². The Bertz CT molecular complexity index is 258. The van der Waals surface area contributed by atoms with Crippen molar-refractivity contribution in [2.75, 3.05) is 6.54 Å². The van der Waals surface area contributed by atoms with Crippen molar-refractivity contribution in [1.29, 1.82) is 0 Å². The van der Waals surface area contributed by atoms with E-state index in [1.54, 1.807) is 0 Å². The minimum Gasteiger partial charge on any atom is -0.393 e. The van der Waals surface area contributed by atoms with E-state index in [9.17, 15) is 5.11 Å². The van der Waals surface area contributed by atoms with Crippen molar-refractivity contribution >= 4 is 0 Å². The molecule has 0 fully saturated rings. The molecule has 1 aromatic rings. The molecule has 0 radical (unpaired) electrons. The van der Waals surface area contributed by atoms with Crippen LogP contribution < -0.4 is 5.32 Å². The number of aliphatic hydroxyl groups excluding tert-OH is 1. The fourth-order valence-electron chi connectivity index (χ4n) is 1.37. The van der Waals surface area contributed by atoms with Gasteiger partial charge in [-0.25, -0.2) is 0 Å². The van der Waals surface area contributed by atoms with Crippen LogP contribution in [0, 0.1) is 0 Å². The van der Waals surface area contributed by atoms with E-state index in [4.69, 9.17) is 0 Å². The zero-order valence-corrected chi connectivity index (χ0v) is 9.03. The fraction of sp³-hybridized carbons (Fsp3) is 0.636. The molecule has 3 nitrogen and oxygen atoms in total. The molecule has 0 saturated carbocycles. The van der Waals surface area contributed by atoms with Gasteiger partial charge in [-0.15, -0.1) is 0 Å². The molecule has 1 rings (SSSR count). The van der Waals surface area contributed by atoms with Crippen LogP contribution in [0.3, 0.4) is 0 Å². The monoisotopic (exact) mass is 196 g/mol. The second kappa shape index (κ2) is 5.83. The summed E-state index contributed by atoms with van der Waals surface area (Å²) in [7, 11) is 2.02. The van der Waals surface area contributed by atoms with Gasteiger partial charge in [0.15, 0.2) is 0 Å². The van der Waals surface area contributed by atoms with Crippen LogP contribution in [0.2, 0.25) is 0 Å². The average molecular weight is 196 g/mol. The van der Waals surface area contributed by atoms with E-state index >= 15 is 0 Å². The van der Waals surface area contributed by atoms with Gasteiger partial charge in [0.2, 0.25) is 0 Å². The van der Waals surface area contributed by atoms with E-state index in [1.165, 1.54) is 5.56 Å². The van der Waals surface area contributed by atoms with Gasteiger partial charge in [-0.3, -0.25) is 0 Å². The summed E-state index contributed by atoms with van der Waals surface area (Å²) in [6, 6.07) is 2.10. The van der Waals surface area contributed by atoms with Crippen molar-refractivity contribution in [2.45, 2.75) is 32.4 Å². The summed E-state index contributed by atoms with van der Waals surface area (Å²) in [5.41, 5.74) is 1.29. The van der Waals surface area contributed by atoms with Crippen LogP contribution >= 0.6 is 0 Å². The van der Waals surface area contributed by atoms with Gasteiger partial charge in [-0.1, -0.05) is 6.92 Å². The van der Waals surface area contributed by atoms with Gasteiger partial charge < -0.3 is 15.0 Å². The zero-order valence-electron chi connectivity index (χ0n) is 9.03. The molecule has 0 aromatic carbocycles. The zero-order chi connectivity index (χ0) is 10.4. The van der Waals surface area contributed by atoms with Crippen molar-refractivity contribution in [1.82, 2.24) is 9.88 Å². The molecule has 1 aromatic heterocycles. The summed E-state index contributed by atoms with van der Waals surface area (Å²) in [5, 5.41) is 12.6. The van der Waals surface area contributed by atoms with E-state index in [0.717, 1.165) is 25.9 Å². The Kier molecular flexibility index (Phi) is 4.70. The Morgan fingerprint density at radius 1 is 1.57 bits per heavy atom. The van der Waals surface area contributed by atoms with Crippen molar-refractivity contribution in [3.8, 4) is 0 Å². The molecule has 0 aliphatic rings. The SMILES string of the molecule is CCC(O)CCNCc1ccn(C)c1. The van der Waals surface area contributed by atoms with Gasteiger partial charge in [-0.05, 0) is 31.0 Å². The Morgan fingerprint density at radius 2 is 2.36 bits per heavy atom. The summed E-state index contributed by atoms with van der Waals surface area (Å²) in [6.45, 7) is 3.77. The summed E-state index contributed by atoms with van der Waals surface area (Å²) in [4.78, 5) is 0. The maximum atomic E-state index is 9.32. The topological polar surface area (TPSA) is 37.2 Å². The van der Waals surface area contributed by atoms with Crippen LogP contribution in [-0.4, -0.2) is 22.3 Å². The standard InChI is InChI=1S/C11H20N2O/c1-3-11(14)4-6-12-8-10-5-7-13(2)9-10/h5,7,9,11-12,14H,3-4,6,8H2,1-2H3. The summed E-state index contributed by atoms with van der Waals surface area (Å²) >= 11 is 0. The maximum Gasteiger partial charge on any atom is 0.0549 e. The molecule has 2 N–H and O–H groups in total. The normalized spacial score (nSPS) is 13.1. The van der Waals surface area contributed by atoms with Gasteiger partial charge in [-0.2, -0.15) is 0 Å². The Morgan fingerprint density at radius 3 is 2.93 bits per heavy atom. The number of aromatic nitrogens is 1. The second-order valence-electron chi connectivity index (χ2n) is 3.71. The number of aryl methyl sites for hydroxylation is 1. The number of hydrogen-bond donors (Lipinski definition) is 2. The lowest BCUT2D eigenvalue weighted by Crippen LogP contribution is -2.19. The van der Waals surface area contributed by atoms with E-state index in [0.29, 0.717) is 0 Å². The molecule has 0 bridgehead atoms. The maximum absolute atomic E-state index is 9.32. The number of hydrogen-bond acceptors (Lipinski definition) is 2. The van der Waals surface area contributed by atoms with Crippen molar-refractivity contribution in [3.05, 3.63) is 24.0 Å². The Hall–Kier alpha value is -0.800. The van der Waals surface area contributed by atoms with Crippen LogP contribution in [0.1, 0.15) is 25.3 Å². The van der Waals surface area contributed by atoms with Crippen LogP contribution in [0.15, 0.2) is 18.5 Å². The molecular formula is C11H20N2O. The van der Waals surface area contributed by atoms with E-state index in [2.05, 4.69) is 17.6 Å². The molecule has 1 atom stereocenters. The lowest BCUT2D eigenvalue weighted by Gasteiger charge is -2.07. The number of rotatable bonds is 6. The predicted molar refractivity (Wildman–Crippen MR) is 58.0 cm³/mol. The molecule has 3 heteroatoms. The third-order valence-corrected chi connectivity index (χ3v) is 2.35. The second-order valence-corrected chi connectivity index (χ2v) is 3.71. The third kappa shape index (κ3) is 3.94. The lowest BCUT2D eigenvalue weighted by molar-refractivity contribution is 0.159. The lowest BCUT2D eigenvalue weighted by atomic mass is 10.2. The molecule has 0 saturated heterocycles. The highest BCUT2D eigenvalue weighted by atomic mass is 16.3. The first kappa shape index (κ1) is 11.3. The van der Waals surface area contributed by atoms with Crippen LogP contribution in [0.5, 0.6) is 0 Å². The minimum absolute atomic E-state index is 0.154. The molecule has 0 spiro atoms. The Balaban J connectivity index is 2.10. The van der Waals surface area contributed by atoms with Crippen molar-refractivity contribution in [2.24, 2.45) is 7.05 Å². The van der Waals surface area contributed by atoms with Gasteiger partial charge in [0, 0.05) is 26.0 Å². The van der Waals surface area contributed by atoms with Crippen molar-refractivity contribution < 1.29 is 5.11 Å². The molecule has 1 unspecified atom stereocenters. The molecule has 1 heterocycles. The van der Waals surface area contributed by atoms with Gasteiger partial charge in [0.25, 0.3) is 0 Å². The largest absolute Gasteiger partial charge is 0.393 e. The highest BCUT2D eigenvalue weighted by molar-refractivity contribution is 5.09. The average Bonchev–Trinajstić information content (AvgIpc) is 2.58. The first-order valence-electron chi connectivity index (χ1n) is 5.22. The first-order valence-corrected chi connectivity index (χ1v) is 5.22. The van der Waals surface area contributed by atoms with Gasteiger partial charge >= 0.3 is 0 Å². The van der Waals surface area contributed by atoms with E-state index < -0.39 is 0 Å². The smallest absolute Gasteiger partial charge is 0.0549 e. The first-order chi connectivity index (χ1) is 6.72. The summed E-state index contributed by atoms with van der Waals surface area (Å²) < 4.78 is 2.04. The van der Waals surface area contributed by atoms with E-state index in [1.807, 2.05) is 24.7 Å². The van der Waals surface area contributed by atoms with Crippen LogP contribution in [-0.2, 0) is 13.6 Å². The molecule has 0 aliphatic carbocycles. The third-order valence-electron chi connectivity index (χ3n) is 2.35. The number of nitrogens with zero attached hydrogens (tertiary/aromatic N) is 1. The van der Waals surface area contributed by atoms with Crippen LogP contribution in [0.4, 0.5) is 0 Å². The van der Waals surface area contributed by atoms with Gasteiger partial charge in [0.05, 0.1) is 6.10 Å². The summed E-state index contributed by atoms with van der Waals surface area (Å²) in [5.74, 6) is 0. The molecule has 14 heavy (non-hydrogen) atoms.